The van der Waals surface area contributed by atoms with Gasteiger partial charge in [0.2, 0.25) is 0 Å². The Balaban J connectivity index is 2.21. The van der Waals surface area contributed by atoms with Gasteiger partial charge in [0.05, 0.1) is 0 Å². The van der Waals surface area contributed by atoms with Crippen LogP contribution in [-0.2, 0) is 0 Å². The van der Waals surface area contributed by atoms with Gasteiger partial charge in [-0.2, -0.15) is 0 Å². The van der Waals surface area contributed by atoms with E-state index < -0.39 is 0 Å². The molecule has 2 aromatic carbocycles. The fraction of sp³-hybridized carbons (Fsp3) is 0.400. The van der Waals surface area contributed by atoms with Gasteiger partial charge in [-0.05, 0) is 0 Å². The van der Waals surface area contributed by atoms with Crippen molar-refractivity contribution in [2.24, 2.45) is 0 Å². The van der Waals surface area contributed by atoms with Gasteiger partial charge in [-0.1, -0.05) is 0 Å². The average Bonchev–Trinajstić information content (AvgIpc) is 2.59. The third-order valence-corrected chi connectivity index (χ3v) is 11.8. The molecule has 0 heterocycles. The molecule has 130 valence electrons. The van der Waals surface area contributed by atoms with E-state index in [4.69, 9.17) is 0 Å². The molecule has 0 spiro atoms. The van der Waals surface area contributed by atoms with Crippen LogP contribution in [0.4, 0.5) is 0 Å². The van der Waals surface area contributed by atoms with E-state index in [9.17, 15) is 0 Å². The Labute approximate surface area is 158 Å². The van der Waals surface area contributed by atoms with Crippen LogP contribution in [0.5, 0.6) is 0 Å². The van der Waals surface area contributed by atoms with Crippen LogP contribution in [-0.4, -0.2) is 64.3 Å². The van der Waals surface area contributed by atoms with Gasteiger partial charge in [0.25, 0.3) is 0 Å². The maximum absolute atomic E-state index is 2.33. The zero-order valence-electron chi connectivity index (χ0n) is 15.5. The third-order valence-electron chi connectivity index (χ3n) is 4.51. The third kappa shape index (κ3) is 4.95. The zero-order chi connectivity index (χ0) is 17.7. The van der Waals surface area contributed by atoms with Crippen molar-refractivity contribution < 1.29 is 0 Å². The summed E-state index contributed by atoms with van der Waals surface area (Å²) in [6.07, 6.45) is 0. The molecule has 4 heteroatoms. The Morgan fingerprint density at radius 3 is 1.29 bits per heavy atom. The standard InChI is InChI=1S/C20H28N2Se2/c1-15(21(3)4)17-11-7-9-13-19(17)23-24-20-14-10-8-12-18(20)16(2)22(5)6/h7-16H,1-6H3. The summed E-state index contributed by atoms with van der Waals surface area (Å²) in [6.45, 7) is 4.59. The Bertz CT molecular complexity index is 598. The van der Waals surface area contributed by atoms with Gasteiger partial charge in [-0.25, -0.2) is 0 Å². The summed E-state index contributed by atoms with van der Waals surface area (Å²) >= 11 is 1.02. The van der Waals surface area contributed by atoms with Crippen molar-refractivity contribution in [1.29, 1.82) is 0 Å². The minimum absolute atomic E-state index is 0.467. The molecule has 0 amide bonds. The minimum atomic E-state index is 0.467. The van der Waals surface area contributed by atoms with E-state index in [0.29, 0.717) is 38.3 Å². The van der Waals surface area contributed by atoms with Crippen molar-refractivity contribution in [1.82, 2.24) is 9.80 Å². The van der Waals surface area contributed by atoms with Gasteiger partial charge < -0.3 is 0 Å². The molecular formula is C20H28N2Se2. The normalized spacial score (nSPS) is 14.2. The molecule has 0 saturated heterocycles. The Hall–Kier alpha value is -0.601. The molecule has 0 fully saturated rings. The molecule has 2 unspecified atom stereocenters. The van der Waals surface area contributed by atoms with Crippen molar-refractivity contribution in [3.8, 4) is 0 Å². The first-order chi connectivity index (χ1) is 11.4. The van der Waals surface area contributed by atoms with Crippen LogP contribution in [0.25, 0.3) is 0 Å². The van der Waals surface area contributed by atoms with E-state index in [2.05, 4.69) is 100 Å². The summed E-state index contributed by atoms with van der Waals surface area (Å²) in [5.41, 5.74) is 2.98. The van der Waals surface area contributed by atoms with Crippen LogP contribution in [0, 0.1) is 0 Å². The fourth-order valence-electron chi connectivity index (χ4n) is 2.45. The fourth-order valence-corrected chi connectivity index (χ4v) is 10.1. The van der Waals surface area contributed by atoms with E-state index in [1.807, 2.05) is 0 Å². The Morgan fingerprint density at radius 1 is 0.625 bits per heavy atom. The second-order valence-electron chi connectivity index (χ2n) is 6.52. The second kappa shape index (κ2) is 9.19. The van der Waals surface area contributed by atoms with Crippen LogP contribution < -0.4 is 8.92 Å². The van der Waals surface area contributed by atoms with Gasteiger partial charge in [-0.3, -0.25) is 0 Å². The molecule has 0 aromatic heterocycles. The number of hydrogen-bond acceptors (Lipinski definition) is 2. The molecule has 0 aliphatic rings. The molecule has 0 saturated carbocycles. The Morgan fingerprint density at radius 2 is 0.958 bits per heavy atom. The predicted octanol–water partition coefficient (Wildman–Crippen LogP) is 2.21. The van der Waals surface area contributed by atoms with E-state index in [1.165, 1.54) is 11.1 Å². The van der Waals surface area contributed by atoms with E-state index in [-0.39, 0.29) is 0 Å². The first-order valence-electron chi connectivity index (χ1n) is 8.27. The molecule has 2 rings (SSSR count). The number of benzene rings is 2. The number of rotatable bonds is 7. The van der Waals surface area contributed by atoms with Crippen molar-refractivity contribution in [2.45, 2.75) is 25.9 Å². The van der Waals surface area contributed by atoms with Crippen molar-refractivity contribution in [2.75, 3.05) is 28.2 Å². The molecule has 2 atom stereocenters. The SMILES string of the molecule is CC(c1ccccc1[Se][Se]c1ccccc1C(C)N(C)C)N(C)C. The molecule has 2 nitrogen and oxygen atoms in total. The Kier molecular flexibility index (Phi) is 7.56. The maximum atomic E-state index is 2.33. The monoisotopic (exact) mass is 456 g/mol. The first-order valence-corrected chi connectivity index (χ1v) is 14.3. The second-order valence-corrected chi connectivity index (χ2v) is 12.7. The predicted molar refractivity (Wildman–Crippen MR) is 108 cm³/mol. The van der Waals surface area contributed by atoms with Crippen LogP contribution in [0.1, 0.15) is 37.1 Å². The summed E-state index contributed by atoms with van der Waals surface area (Å²) in [7, 11) is 8.64. The first kappa shape index (κ1) is 19.7. The van der Waals surface area contributed by atoms with Gasteiger partial charge in [0.1, 0.15) is 0 Å². The van der Waals surface area contributed by atoms with Gasteiger partial charge in [0.15, 0.2) is 0 Å². The van der Waals surface area contributed by atoms with E-state index >= 15 is 0 Å². The van der Waals surface area contributed by atoms with Crippen LogP contribution in [0.2, 0.25) is 0 Å². The van der Waals surface area contributed by atoms with Crippen LogP contribution in [0.15, 0.2) is 48.5 Å². The molecule has 24 heavy (non-hydrogen) atoms. The van der Waals surface area contributed by atoms with Crippen molar-refractivity contribution in [3.63, 3.8) is 0 Å². The van der Waals surface area contributed by atoms with Gasteiger partial charge in [-0.15, -0.1) is 0 Å². The summed E-state index contributed by atoms with van der Waals surface area (Å²) < 4.78 is 3.11. The van der Waals surface area contributed by atoms with Gasteiger partial charge in [0, 0.05) is 0 Å². The van der Waals surface area contributed by atoms with E-state index in [1.54, 1.807) is 8.92 Å². The van der Waals surface area contributed by atoms with Gasteiger partial charge >= 0.3 is 159 Å². The zero-order valence-corrected chi connectivity index (χ0v) is 18.9. The van der Waals surface area contributed by atoms with Crippen LogP contribution >= 0.6 is 0 Å². The molecule has 0 aliphatic heterocycles. The molecule has 0 bridgehead atoms. The van der Waals surface area contributed by atoms with Crippen molar-refractivity contribution >= 4 is 35.2 Å². The summed E-state index contributed by atoms with van der Waals surface area (Å²) in [5, 5.41) is 0. The summed E-state index contributed by atoms with van der Waals surface area (Å²) in [4.78, 5) is 4.59. The summed E-state index contributed by atoms with van der Waals surface area (Å²) in [6, 6.07) is 18.9. The number of hydrogen-bond donors (Lipinski definition) is 0. The van der Waals surface area contributed by atoms with Crippen molar-refractivity contribution in [3.05, 3.63) is 59.7 Å². The molecule has 0 aliphatic carbocycles. The average molecular weight is 454 g/mol. The molecular weight excluding hydrogens is 426 g/mol. The quantitative estimate of drug-likeness (QED) is 0.593. The molecule has 0 N–H and O–H groups in total. The molecule has 2 aromatic rings. The number of nitrogens with zero attached hydrogens (tertiary/aromatic N) is 2. The topological polar surface area (TPSA) is 6.48 Å². The van der Waals surface area contributed by atoms with Crippen LogP contribution in [0.3, 0.4) is 0 Å². The van der Waals surface area contributed by atoms with E-state index in [0.717, 1.165) is 0 Å². The molecule has 0 radical (unpaired) electrons. The summed E-state index contributed by atoms with van der Waals surface area (Å²) in [5.74, 6) is 0.